The molecule has 0 spiro atoms. The monoisotopic (exact) mass is 414 g/mol. The van der Waals surface area contributed by atoms with Crippen molar-refractivity contribution in [1.29, 1.82) is 0 Å². The number of amides is 1. The first-order valence-corrected chi connectivity index (χ1v) is 11.3. The second-order valence-corrected chi connectivity index (χ2v) is 8.82. The molecule has 1 unspecified atom stereocenters. The van der Waals surface area contributed by atoms with Gasteiger partial charge in [-0.05, 0) is 42.3 Å². The zero-order chi connectivity index (χ0) is 20.1. The first kappa shape index (κ1) is 20.6. The Morgan fingerprint density at radius 1 is 1.14 bits per heavy atom. The molecule has 0 saturated carbocycles. The van der Waals surface area contributed by atoms with E-state index >= 15 is 0 Å². The average molecular weight is 415 g/mol. The Balaban J connectivity index is 1.58. The molecule has 0 radical (unpaired) electrons. The second-order valence-electron chi connectivity index (χ2n) is 6.93. The molecule has 3 rings (SSSR count). The molecule has 3 aromatic rings. The number of benzene rings is 1. The molecule has 0 saturated heterocycles. The molecular weight excluding hydrogens is 388 g/mol. The molecule has 0 bridgehead atoms. The zero-order valence-corrected chi connectivity index (χ0v) is 18.3. The van der Waals surface area contributed by atoms with E-state index in [1.54, 1.807) is 11.3 Å². The van der Waals surface area contributed by atoms with Crippen LogP contribution in [-0.2, 0) is 11.3 Å². The van der Waals surface area contributed by atoms with Crippen LogP contribution in [0.5, 0.6) is 0 Å². The summed E-state index contributed by atoms with van der Waals surface area (Å²) in [5.74, 6) is 1.68. The molecule has 5 nitrogen and oxygen atoms in total. The molecule has 0 aliphatic rings. The van der Waals surface area contributed by atoms with Crippen LogP contribution in [-0.4, -0.2) is 26.4 Å². The third kappa shape index (κ3) is 4.83. The van der Waals surface area contributed by atoms with Crippen molar-refractivity contribution < 1.29 is 4.79 Å². The van der Waals surface area contributed by atoms with E-state index < -0.39 is 0 Å². The van der Waals surface area contributed by atoms with Crippen molar-refractivity contribution in [3.8, 4) is 10.7 Å². The quantitative estimate of drug-likeness (QED) is 0.520. The van der Waals surface area contributed by atoms with E-state index in [1.807, 2.05) is 24.4 Å². The van der Waals surface area contributed by atoms with Crippen molar-refractivity contribution in [2.75, 3.05) is 5.75 Å². The summed E-state index contributed by atoms with van der Waals surface area (Å²) in [5, 5.41) is 14.5. The third-order valence-corrected chi connectivity index (χ3v) is 6.42. The van der Waals surface area contributed by atoms with E-state index in [0.29, 0.717) is 11.7 Å². The number of thioether (sulfide) groups is 1. The average Bonchev–Trinajstić information content (AvgIpc) is 3.35. The van der Waals surface area contributed by atoms with E-state index in [1.165, 1.54) is 17.3 Å². The summed E-state index contributed by atoms with van der Waals surface area (Å²) in [6, 6.07) is 12.5. The fraction of sp³-hybridized carbons (Fsp3) is 0.381. The minimum absolute atomic E-state index is 0.00578. The summed E-state index contributed by atoms with van der Waals surface area (Å²) in [6.07, 6.45) is 0. The Kier molecular flexibility index (Phi) is 6.91. The van der Waals surface area contributed by atoms with Crippen molar-refractivity contribution in [2.24, 2.45) is 0 Å². The lowest BCUT2D eigenvalue weighted by Gasteiger charge is -2.15. The zero-order valence-electron chi connectivity index (χ0n) is 16.7. The Labute approximate surface area is 174 Å². The molecule has 7 heteroatoms. The van der Waals surface area contributed by atoms with Gasteiger partial charge in [0.15, 0.2) is 11.0 Å². The van der Waals surface area contributed by atoms with Crippen molar-refractivity contribution in [3.63, 3.8) is 0 Å². The molecular formula is C21H26N4OS2. The van der Waals surface area contributed by atoms with E-state index in [2.05, 4.69) is 65.1 Å². The van der Waals surface area contributed by atoms with E-state index in [9.17, 15) is 4.79 Å². The molecule has 1 N–H and O–H groups in total. The number of thiophene rings is 1. The van der Waals surface area contributed by atoms with E-state index in [4.69, 9.17) is 0 Å². The predicted molar refractivity (Wildman–Crippen MR) is 117 cm³/mol. The van der Waals surface area contributed by atoms with Gasteiger partial charge in [0.25, 0.3) is 0 Å². The lowest BCUT2D eigenvalue weighted by molar-refractivity contribution is -0.119. The lowest BCUT2D eigenvalue weighted by Crippen LogP contribution is -2.28. The molecule has 28 heavy (non-hydrogen) atoms. The van der Waals surface area contributed by atoms with Gasteiger partial charge in [0, 0.05) is 6.54 Å². The summed E-state index contributed by atoms with van der Waals surface area (Å²) in [6.45, 7) is 9.19. The molecule has 1 aromatic carbocycles. The number of nitrogens with one attached hydrogen (secondary N) is 1. The van der Waals surface area contributed by atoms with Gasteiger partial charge in [-0.25, -0.2) is 0 Å². The van der Waals surface area contributed by atoms with Gasteiger partial charge in [0.05, 0.1) is 16.7 Å². The molecule has 1 atom stereocenters. The fourth-order valence-electron chi connectivity index (χ4n) is 2.93. The highest BCUT2D eigenvalue weighted by Crippen LogP contribution is 2.27. The second kappa shape index (κ2) is 9.39. The highest BCUT2D eigenvalue weighted by molar-refractivity contribution is 7.99. The molecule has 0 fully saturated rings. The maximum Gasteiger partial charge on any atom is 0.230 e. The minimum atomic E-state index is -0.0277. The van der Waals surface area contributed by atoms with Crippen LogP contribution < -0.4 is 5.32 Å². The molecule has 148 valence electrons. The van der Waals surface area contributed by atoms with Gasteiger partial charge in [0.1, 0.15) is 0 Å². The number of rotatable bonds is 8. The maximum atomic E-state index is 12.4. The predicted octanol–water partition coefficient (Wildman–Crippen LogP) is 5.12. The Morgan fingerprint density at radius 3 is 2.46 bits per heavy atom. The van der Waals surface area contributed by atoms with Gasteiger partial charge >= 0.3 is 0 Å². The summed E-state index contributed by atoms with van der Waals surface area (Å²) < 4.78 is 2.05. The summed E-state index contributed by atoms with van der Waals surface area (Å²) in [4.78, 5) is 13.5. The number of nitrogens with zero attached hydrogens (tertiary/aromatic N) is 3. The largest absolute Gasteiger partial charge is 0.349 e. The highest BCUT2D eigenvalue weighted by Gasteiger charge is 2.16. The lowest BCUT2D eigenvalue weighted by atomic mass is 10.00. The van der Waals surface area contributed by atoms with E-state index in [-0.39, 0.29) is 11.9 Å². The fourth-order valence-corrected chi connectivity index (χ4v) is 4.47. The van der Waals surface area contributed by atoms with Crippen LogP contribution in [0.4, 0.5) is 0 Å². The minimum Gasteiger partial charge on any atom is -0.349 e. The molecule has 2 heterocycles. The summed E-state index contributed by atoms with van der Waals surface area (Å²) >= 11 is 3.06. The van der Waals surface area contributed by atoms with Crippen LogP contribution in [0.15, 0.2) is 46.9 Å². The Hall–Kier alpha value is -2.12. The number of carbonyl (C=O) groups excluding carboxylic acids is 1. The third-order valence-electron chi connectivity index (χ3n) is 4.59. The molecule has 0 aliphatic carbocycles. The van der Waals surface area contributed by atoms with Crippen LogP contribution in [0.25, 0.3) is 10.7 Å². The number of hydrogen-bond donors (Lipinski definition) is 1. The smallest absolute Gasteiger partial charge is 0.230 e. The highest BCUT2D eigenvalue weighted by atomic mass is 32.2. The number of hydrogen-bond acceptors (Lipinski definition) is 5. The van der Waals surface area contributed by atoms with Crippen LogP contribution >= 0.6 is 23.1 Å². The first-order valence-electron chi connectivity index (χ1n) is 9.48. The normalized spacial score (nSPS) is 12.3. The van der Waals surface area contributed by atoms with Crippen molar-refractivity contribution in [1.82, 2.24) is 20.1 Å². The van der Waals surface area contributed by atoms with Gasteiger partial charge in [0.2, 0.25) is 5.91 Å². The Morgan fingerprint density at radius 2 is 1.86 bits per heavy atom. The Bertz CT molecular complexity index is 901. The van der Waals surface area contributed by atoms with Crippen molar-refractivity contribution >= 4 is 29.0 Å². The maximum absolute atomic E-state index is 12.4. The number of aromatic nitrogens is 3. The van der Waals surface area contributed by atoms with Gasteiger partial charge < -0.3 is 9.88 Å². The van der Waals surface area contributed by atoms with Gasteiger partial charge in [-0.1, -0.05) is 55.9 Å². The standard InChI is InChI=1S/C21H26N4OS2/c1-5-25-20(18-7-6-12-27-18)23-24-21(25)28-13-19(26)22-15(4)17-10-8-16(9-11-17)14(2)3/h6-12,14-15H,5,13H2,1-4H3,(H,22,26). The van der Waals surface area contributed by atoms with Crippen LogP contribution in [0, 0.1) is 0 Å². The van der Waals surface area contributed by atoms with Crippen molar-refractivity contribution in [2.45, 2.75) is 51.4 Å². The topological polar surface area (TPSA) is 59.8 Å². The summed E-state index contributed by atoms with van der Waals surface area (Å²) in [7, 11) is 0. The first-order chi connectivity index (χ1) is 13.5. The van der Waals surface area contributed by atoms with Gasteiger partial charge in [-0.3, -0.25) is 4.79 Å². The van der Waals surface area contributed by atoms with E-state index in [0.717, 1.165) is 28.0 Å². The van der Waals surface area contributed by atoms with Crippen LogP contribution in [0.2, 0.25) is 0 Å². The molecule has 0 aliphatic heterocycles. The van der Waals surface area contributed by atoms with Gasteiger partial charge in [-0.2, -0.15) is 0 Å². The van der Waals surface area contributed by atoms with Gasteiger partial charge in [-0.15, -0.1) is 21.5 Å². The molecule has 2 aromatic heterocycles. The van der Waals surface area contributed by atoms with Crippen LogP contribution in [0.3, 0.4) is 0 Å². The SMILES string of the molecule is CCn1c(SCC(=O)NC(C)c2ccc(C(C)C)cc2)nnc1-c1cccs1. The van der Waals surface area contributed by atoms with Crippen molar-refractivity contribution in [3.05, 3.63) is 52.9 Å². The van der Waals surface area contributed by atoms with Crippen LogP contribution in [0.1, 0.15) is 50.8 Å². The molecule has 1 amide bonds. The summed E-state index contributed by atoms with van der Waals surface area (Å²) in [5.41, 5.74) is 2.41. The number of carbonyl (C=O) groups is 1.